The number of ether oxygens (including phenoxy) is 1. The lowest BCUT2D eigenvalue weighted by molar-refractivity contribution is 0.102. The summed E-state index contributed by atoms with van der Waals surface area (Å²) in [4.78, 5) is 15.4. The van der Waals surface area contributed by atoms with Gasteiger partial charge in [-0.05, 0) is 68.3 Å². The molecule has 9 heteroatoms. The molecule has 0 saturated carbocycles. The fourth-order valence-electron chi connectivity index (χ4n) is 3.40. The van der Waals surface area contributed by atoms with Gasteiger partial charge in [-0.2, -0.15) is 13.2 Å². The van der Waals surface area contributed by atoms with Crippen LogP contribution in [0.4, 0.5) is 5.69 Å². The quantitative estimate of drug-likeness (QED) is 0.388. The van der Waals surface area contributed by atoms with Crippen LogP contribution < -0.4 is 20.4 Å². The van der Waals surface area contributed by atoms with Gasteiger partial charge in [-0.1, -0.05) is 35.9 Å². The first-order chi connectivity index (χ1) is 16.7. The molecule has 4 aromatic rings. The van der Waals surface area contributed by atoms with Crippen molar-refractivity contribution in [2.24, 2.45) is 5.10 Å². The number of hydrogen-bond donors (Lipinski definition) is 2. The maximum atomic E-state index is 13.2. The van der Waals surface area contributed by atoms with Gasteiger partial charge in [0.15, 0.2) is 11.3 Å². The highest BCUT2D eigenvalue weighted by Crippen LogP contribution is 2.25. The average molecular weight is 492 g/mol. The summed E-state index contributed by atoms with van der Waals surface area (Å²) in [6.45, 7) is 5.66. The first-order valence-electron chi connectivity index (χ1n) is 10.8. The van der Waals surface area contributed by atoms with E-state index in [1.807, 2.05) is 32.9 Å². The van der Waals surface area contributed by atoms with Gasteiger partial charge in [0.1, 0.15) is 5.56 Å². The highest BCUT2D eigenvalue weighted by molar-refractivity contribution is 7.89. The number of sulfonamides is 1. The number of carbonyl (C=O) groups is 1. The van der Waals surface area contributed by atoms with Gasteiger partial charge in [-0.15, -0.1) is 5.10 Å². The van der Waals surface area contributed by atoms with Crippen LogP contribution in [0.3, 0.4) is 0 Å². The molecule has 0 spiro atoms. The molecule has 4 rings (SSSR count). The van der Waals surface area contributed by atoms with E-state index in [0.717, 1.165) is 16.7 Å². The molecule has 0 aliphatic heterocycles. The number of methoxy groups -OCH3 is 1. The van der Waals surface area contributed by atoms with Gasteiger partial charge >= 0.3 is 0 Å². The van der Waals surface area contributed by atoms with Crippen LogP contribution in [0, 0.1) is 20.8 Å². The number of aryl methyl sites for hydroxylation is 3. The van der Waals surface area contributed by atoms with Crippen molar-refractivity contribution in [3.8, 4) is 5.75 Å². The highest BCUT2D eigenvalue weighted by Gasteiger charge is 2.18. The van der Waals surface area contributed by atoms with E-state index in [2.05, 4.69) is 15.2 Å². The number of amides is 1. The number of nitrogens with zero attached hydrogens (tertiary/aromatic N) is 1. The van der Waals surface area contributed by atoms with Crippen molar-refractivity contribution in [1.29, 1.82) is 0 Å². The smallest absolute Gasteiger partial charge is 0.276 e. The van der Waals surface area contributed by atoms with E-state index in [9.17, 15) is 13.2 Å². The summed E-state index contributed by atoms with van der Waals surface area (Å²) in [5.74, 6) is -0.0899. The molecule has 0 bridgehead atoms. The van der Waals surface area contributed by atoms with Crippen LogP contribution in [0.25, 0.3) is 11.0 Å². The minimum atomic E-state index is -4.01. The fraction of sp³-hybridized carbons (Fsp3) is 0.154. The molecule has 0 saturated heterocycles. The first-order valence-corrected chi connectivity index (χ1v) is 12.3. The van der Waals surface area contributed by atoms with Gasteiger partial charge in [0.2, 0.25) is 5.55 Å². The Morgan fingerprint density at radius 1 is 0.943 bits per heavy atom. The van der Waals surface area contributed by atoms with Crippen molar-refractivity contribution in [2.45, 2.75) is 25.7 Å². The lowest BCUT2D eigenvalue weighted by Gasteiger charge is -2.10. The second-order valence-electron chi connectivity index (χ2n) is 8.12. The molecule has 0 aliphatic rings. The summed E-state index contributed by atoms with van der Waals surface area (Å²) >= 11 is 0. The van der Waals surface area contributed by atoms with Crippen LogP contribution in [0.1, 0.15) is 27.0 Å². The number of fused-ring (bicyclic) bond motifs is 1. The maximum Gasteiger partial charge on any atom is 0.276 e. The second kappa shape index (κ2) is 9.63. The number of nitrogens with one attached hydrogen (secondary N) is 2. The Morgan fingerprint density at radius 2 is 1.69 bits per heavy atom. The van der Waals surface area contributed by atoms with Crippen molar-refractivity contribution in [1.82, 2.24) is 4.83 Å². The van der Waals surface area contributed by atoms with E-state index in [-0.39, 0.29) is 16.0 Å². The van der Waals surface area contributed by atoms with E-state index in [1.54, 1.807) is 48.5 Å². The van der Waals surface area contributed by atoms with Gasteiger partial charge in [-0.25, -0.2) is 0 Å². The minimum absolute atomic E-state index is 0.0494. The molecule has 0 radical (unpaired) electrons. The summed E-state index contributed by atoms with van der Waals surface area (Å²) in [5, 5.41) is 7.37. The van der Waals surface area contributed by atoms with Crippen molar-refractivity contribution in [3.05, 3.63) is 94.5 Å². The predicted molar refractivity (Wildman–Crippen MR) is 134 cm³/mol. The Balaban J connectivity index is 1.80. The molecule has 0 aliphatic carbocycles. The summed E-state index contributed by atoms with van der Waals surface area (Å²) in [6, 6.07) is 18.8. The molecule has 2 N–H and O–H groups in total. The molecule has 0 atom stereocenters. The van der Waals surface area contributed by atoms with Gasteiger partial charge in [-0.3, -0.25) is 4.79 Å². The van der Waals surface area contributed by atoms with Crippen molar-refractivity contribution in [2.75, 3.05) is 12.4 Å². The Kier molecular flexibility index (Phi) is 6.61. The molecule has 8 nitrogen and oxygen atoms in total. The van der Waals surface area contributed by atoms with Crippen molar-refractivity contribution in [3.63, 3.8) is 0 Å². The first kappa shape index (κ1) is 24.0. The van der Waals surface area contributed by atoms with Crippen LogP contribution in [0.2, 0.25) is 0 Å². The van der Waals surface area contributed by atoms with Crippen molar-refractivity contribution < 1.29 is 22.4 Å². The van der Waals surface area contributed by atoms with Crippen LogP contribution in [-0.4, -0.2) is 21.4 Å². The molecule has 35 heavy (non-hydrogen) atoms. The standard InChI is InChI=1S/C26H25N3O5S/c1-16-8-11-20(12-9-16)27-25(30)22-15-19-6-5-7-23(33-4)24(19)34-26(22)28-29-35(31,32)21-13-10-17(2)18(3)14-21/h5-15,29H,1-4H3,(H,27,30)/b28-26-. The third-order valence-electron chi connectivity index (χ3n) is 5.57. The second-order valence-corrected chi connectivity index (χ2v) is 9.78. The van der Waals surface area contributed by atoms with E-state index in [0.29, 0.717) is 22.4 Å². The molecular formula is C26H25N3O5S. The molecule has 0 unspecified atom stereocenters. The number of benzene rings is 3. The lowest BCUT2D eigenvalue weighted by atomic mass is 10.1. The number of anilines is 1. The molecule has 1 amide bonds. The Bertz CT molecular complexity index is 1590. The van der Waals surface area contributed by atoms with E-state index in [4.69, 9.17) is 9.15 Å². The summed E-state index contributed by atoms with van der Waals surface area (Å²) in [7, 11) is -2.52. The van der Waals surface area contributed by atoms with Gasteiger partial charge in [0, 0.05) is 11.1 Å². The number of rotatable bonds is 6. The van der Waals surface area contributed by atoms with Crippen LogP contribution in [0.5, 0.6) is 5.75 Å². The SMILES string of the molecule is COc1cccc2cc(C(=O)Nc3ccc(C)cc3)/c(=N/NS(=O)(=O)c3ccc(C)c(C)c3)oc12. The van der Waals surface area contributed by atoms with Crippen LogP contribution in [-0.2, 0) is 10.0 Å². The maximum absolute atomic E-state index is 13.2. The Hall–Kier alpha value is -4.11. The summed E-state index contributed by atoms with van der Waals surface area (Å²) in [5.41, 5.74) is 3.58. The van der Waals surface area contributed by atoms with Crippen LogP contribution >= 0.6 is 0 Å². The number of hydrogen-bond acceptors (Lipinski definition) is 6. The minimum Gasteiger partial charge on any atom is -0.493 e. The average Bonchev–Trinajstić information content (AvgIpc) is 2.84. The van der Waals surface area contributed by atoms with Crippen molar-refractivity contribution >= 4 is 32.6 Å². The van der Waals surface area contributed by atoms with Gasteiger partial charge in [0.25, 0.3) is 15.9 Å². The molecular weight excluding hydrogens is 466 g/mol. The normalized spacial score (nSPS) is 11.9. The third kappa shape index (κ3) is 5.20. The van der Waals surface area contributed by atoms with Gasteiger partial charge in [0.05, 0.1) is 12.0 Å². The lowest BCUT2D eigenvalue weighted by Crippen LogP contribution is -2.27. The Morgan fingerprint density at radius 3 is 2.37 bits per heavy atom. The molecule has 1 heterocycles. The predicted octanol–water partition coefficient (Wildman–Crippen LogP) is 4.41. The van der Waals surface area contributed by atoms with E-state index >= 15 is 0 Å². The molecule has 1 aromatic heterocycles. The van der Waals surface area contributed by atoms with E-state index < -0.39 is 15.9 Å². The number of para-hydroxylation sites is 1. The molecule has 180 valence electrons. The largest absolute Gasteiger partial charge is 0.493 e. The number of carbonyl (C=O) groups excluding carboxylic acids is 1. The highest BCUT2D eigenvalue weighted by atomic mass is 32.2. The molecule has 3 aromatic carbocycles. The monoisotopic (exact) mass is 491 g/mol. The van der Waals surface area contributed by atoms with Gasteiger partial charge < -0.3 is 14.5 Å². The third-order valence-corrected chi connectivity index (χ3v) is 6.77. The fourth-order valence-corrected chi connectivity index (χ4v) is 4.29. The zero-order chi connectivity index (χ0) is 25.2. The topological polar surface area (TPSA) is 110 Å². The summed E-state index contributed by atoms with van der Waals surface area (Å²) < 4.78 is 37.0. The summed E-state index contributed by atoms with van der Waals surface area (Å²) in [6.07, 6.45) is 0. The van der Waals surface area contributed by atoms with E-state index in [1.165, 1.54) is 13.2 Å². The zero-order valence-electron chi connectivity index (χ0n) is 19.7. The van der Waals surface area contributed by atoms with Crippen LogP contribution in [0.15, 0.2) is 81.1 Å². The molecule has 0 fully saturated rings. The zero-order valence-corrected chi connectivity index (χ0v) is 20.6. The Labute approximate surface area is 203 Å².